The highest BCUT2D eigenvalue weighted by atomic mass is 32.2. The molecule has 9 heteroatoms. The molecule has 0 spiro atoms. The third kappa shape index (κ3) is 4.25. The van der Waals surface area contributed by atoms with Crippen molar-refractivity contribution in [2.24, 2.45) is 0 Å². The predicted octanol–water partition coefficient (Wildman–Crippen LogP) is 6.53. The number of rotatable bonds is 5. The minimum Gasteiger partial charge on any atom is -0.254 e. The van der Waals surface area contributed by atoms with E-state index in [1.54, 1.807) is 23.6 Å². The Morgan fingerprint density at radius 3 is 2.37 bits per heavy atom. The zero-order valence-corrected chi connectivity index (χ0v) is 16.9. The molecule has 0 atom stereocenters. The molecule has 0 amide bonds. The van der Waals surface area contributed by atoms with Gasteiger partial charge in [-0.05, 0) is 47.7 Å². The summed E-state index contributed by atoms with van der Waals surface area (Å²) in [7, 11) is 0. The number of nitriles is 1. The molecule has 0 aliphatic carbocycles. The molecule has 3 heterocycles. The first-order valence-electron chi connectivity index (χ1n) is 8.73. The van der Waals surface area contributed by atoms with Gasteiger partial charge in [0.25, 0.3) is 0 Å². The van der Waals surface area contributed by atoms with Crippen molar-refractivity contribution in [1.29, 1.82) is 5.26 Å². The zero-order valence-electron chi connectivity index (χ0n) is 15.3. The lowest BCUT2D eigenvalue weighted by Crippen LogP contribution is -2.07. The van der Waals surface area contributed by atoms with E-state index < -0.39 is 11.9 Å². The third-order valence-corrected chi connectivity index (χ3v) is 5.98. The van der Waals surface area contributed by atoms with Crippen molar-refractivity contribution in [1.82, 2.24) is 14.8 Å². The number of alkyl halides is 3. The molecule has 0 bridgehead atoms. The van der Waals surface area contributed by atoms with Crippen LogP contribution in [0.1, 0.15) is 5.69 Å². The molecule has 4 aromatic rings. The molecule has 0 N–H and O–H groups in total. The number of aromatic nitrogens is 3. The van der Waals surface area contributed by atoms with Gasteiger partial charge in [0.1, 0.15) is 11.3 Å². The molecule has 0 radical (unpaired) electrons. The van der Waals surface area contributed by atoms with Crippen LogP contribution in [-0.2, 0) is 12.1 Å². The number of nitrogens with zero attached hydrogens (tertiary/aromatic N) is 4. The highest BCUT2D eigenvalue weighted by Crippen LogP contribution is 2.35. The van der Waals surface area contributed by atoms with Crippen LogP contribution in [0, 0.1) is 10.7 Å². The van der Waals surface area contributed by atoms with Crippen LogP contribution in [-0.4, -0.2) is 14.8 Å². The molecule has 1 aromatic carbocycles. The first kappa shape index (κ1) is 20.2. The standard InChI is InChI=1S/C21H13F3N4S2/c22-21(23,24)20-10-17(28(27-20)13-29-12-25)16-7-6-15(11-26-16)19-9-8-18(30-19)14-4-2-1-3-5-14/h1-11H,13H2. The maximum Gasteiger partial charge on any atom is 0.435 e. The first-order valence-corrected chi connectivity index (χ1v) is 10.5. The third-order valence-electron chi connectivity index (χ3n) is 4.30. The molecule has 0 saturated heterocycles. The number of halogens is 3. The van der Waals surface area contributed by atoms with E-state index in [0.29, 0.717) is 5.69 Å². The first-order chi connectivity index (χ1) is 14.5. The molecular formula is C21H13F3N4S2. The Hall–Kier alpha value is -3.09. The van der Waals surface area contributed by atoms with Crippen LogP contribution in [0.25, 0.3) is 32.3 Å². The van der Waals surface area contributed by atoms with Gasteiger partial charge in [-0.25, -0.2) is 0 Å². The summed E-state index contributed by atoms with van der Waals surface area (Å²) < 4.78 is 40.4. The van der Waals surface area contributed by atoms with Crippen LogP contribution < -0.4 is 0 Å². The lowest BCUT2D eigenvalue weighted by Gasteiger charge is -2.05. The van der Waals surface area contributed by atoms with Crippen molar-refractivity contribution in [3.63, 3.8) is 0 Å². The van der Waals surface area contributed by atoms with E-state index in [4.69, 9.17) is 5.26 Å². The van der Waals surface area contributed by atoms with E-state index in [0.717, 1.165) is 43.4 Å². The number of hydrogen-bond acceptors (Lipinski definition) is 5. The van der Waals surface area contributed by atoms with E-state index in [1.807, 2.05) is 53.9 Å². The molecule has 150 valence electrons. The Labute approximate surface area is 178 Å². The Balaban J connectivity index is 1.64. The van der Waals surface area contributed by atoms with E-state index in [1.165, 1.54) is 0 Å². The Kier molecular flexibility index (Phi) is 5.61. The quantitative estimate of drug-likeness (QED) is 0.330. The Bertz CT molecular complexity index is 1190. The lowest BCUT2D eigenvalue weighted by atomic mass is 10.1. The van der Waals surface area contributed by atoms with Crippen LogP contribution in [0.5, 0.6) is 0 Å². The smallest absolute Gasteiger partial charge is 0.254 e. The number of thiocyanates is 1. The van der Waals surface area contributed by atoms with Gasteiger partial charge < -0.3 is 0 Å². The van der Waals surface area contributed by atoms with E-state index in [-0.39, 0.29) is 11.6 Å². The van der Waals surface area contributed by atoms with Gasteiger partial charge >= 0.3 is 6.18 Å². The largest absolute Gasteiger partial charge is 0.435 e. The van der Waals surface area contributed by atoms with Crippen LogP contribution in [0.3, 0.4) is 0 Å². The summed E-state index contributed by atoms with van der Waals surface area (Å²) in [6.07, 6.45) is -2.93. The van der Waals surface area contributed by atoms with Crippen molar-refractivity contribution in [3.05, 3.63) is 72.6 Å². The highest BCUT2D eigenvalue weighted by Gasteiger charge is 2.35. The topological polar surface area (TPSA) is 54.5 Å². The van der Waals surface area contributed by atoms with E-state index in [2.05, 4.69) is 10.1 Å². The molecule has 0 saturated carbocycles. The normalized spacial score (nSPS) is 11.4. The van der Waals surface area contributed by atoms with Crippen LogP contribution >= 0.6 is 23.1 Å². The molecule has 4 nitrogen and oxygen atoms in total. The fourth-order valence-electron chi connectivity index (χ4n) is 2.89. The van der Waals surface area contributed by atoms with Crippen molar-refractivity contribution >= 4 is 23.1 Å². The van der Waals surface area contributed by atoms with Crippen molar-refractivity contribution < 1.29 is 13.2 Å². The molecule has 3 aromatic heterocycles. The summed E-state index contributed by atoms with van der Waals surface area (Å²) in [6.45, 7) is 0. The minimum absolute atomic E-state index is 0.0172. The summed E-state index contributed by atoms with van der Waals surface area (Å²) in [5.74, 6) is -0.0172. The molecule has 0 aliphatic rings. The maximum atomic E-state index is 13.1. The number of thioether (sulfide) groups is 1. The fraction of sp³-hybridized carbons (Fsp3) is 0.0952. The fourth-order valence-corrected chi connectivity index (χ4v) is 4.27. The van der Waals surface area contributed by atoms with Gasteiger partial charge in [0.15, 0.2) is 5.69 Å². The second kappa shape index (κ2) is 8.34. The van der Waals surface area contributed by atoms with Crippen LogP contribution in [0.4, 0.5) is 13.2 Å². The monoisotopic (exact) mass is 442 g/mol. The maximum absolute atomic E-state index is 13.1. The SMILES string of the molecule is N#CSCn1nc(C(F)(F)F)cc1-c1ccc(-c2ccc(-c3ccccc3)s2)cn1. The molecule has 0 fully saturated rings. The molecular weight excluding hydrogens is 429 g/mol. The predicted molar refractivity (Wildman–Crippen MR) is 112 cm³/mol. The second-order valence-corrected chi connectivity index (χ2v) is 8.05. The Morgan fingerprint density at radius 1 is 1.00 bits per heavy atom. The van der Waals surface area contributed by atoms with Gasteiger partial charge in [0, 0.05) is 21.5 Å². The highest BCUT2D eigenvalue weighted by molar-refractivity contribution is 8.02. The van der Waals surface area contributed by atoms with Gasteiger partial charge in [-0.15, -0.1) is 11.3 Å². The van der Waals surface area contributed by atoms with Crippen LogP contribution in [0.2, 0.25) is 0 Å². The van der Waals surface area contributed by atoms with Crippen molar-refractivity contribution in [2.75, 3.05) is 0 Å². The minimum atomic E-state index is -4.57. The van der Waals surface area contributed by atoms with Crippen molar-refractivity contribution in [2.45, 2.75) is 12.1 Å². The molecule has 0 aliphatic heterocycles. The van der Waals surface area contributed by atoms with Gasteiger partial charge in [-0.1, -0.05) is 30.3 Å². The molecule has 0 unspecified atom stereocenters. The summed E-state index contributed by atoms with van der Waals surface area (Å²) in [5.41, 5.74) is 1.57. The second-order valence-electron chi connectivity index (χ2n) is 6.24. The summed E-state index contributed by atoms with van der Waals surface area (Å²) in [4.78, 5) is 6.49. The molecule has 4 rings (SSSR count). The number of pyridine rings is 1. The summed E-state index contributed by atoms with van der Waals surface area (Å²) in [6, 6.07) is 18.5. The lowest BCUT2D eigenvalue weighted by molar-refractivity contribution is -0.141. The van der Waals surface area contributed by atoms with Gasteiger partial charge in [-0.3, -0.25) is 9.67 Å². The number of hydrogen-bond donors (Lipinski definition) is 0. The molecule has 30 heavy (non-hydrogen) atoms. The number of benzene rings is 1. The van der Waals surface area contributed by atoms with Gasteiger partial charge in [-0.2, -0.15) is 23.5 Å². The summed E-state index contributed by atoms with van der Waals surface area (Å²) in [5, 5.41) is 14.2. The van der Waals surface area contributed by atoms with Crippen molar-refractivity contribution in [3.8, 4) is 37.7 Å². The zero-order chi connectivity index (χ0) is 21.1. The average molecular weight is 442 g/mol. The van der Waals surface area contributed by atoms with Gasteiger partial charge in [0.05, 0.1) is 11.4 Å². The summed E-state index contributed by atoms with van der Waals surface area (Å²) >= 11 is 2.42. The van der Waals surface area contributed by atoms with Gasteiger partial charge in [0.2, 0.25) is 0 Å². The van der Waals surface area contributed by atoms with Crippen LogP contribution in [0.15, 0.2) is 66.9 Å². The average Bonchev–Trinajstić information content (AvgIpc) is 3.40. The Morgan fingerprint density at radius 2 is 1.73 bits per heavy atom. The number of thiophene rings is 1. The van der Waals surface area contributed by atoms with E-state index >= 15 is 0 Å². The van der Waals surface area contributed by atoms with E-state index in [9.17, 15) is 13.2 Å².